The molecule has 0 bridgehead atoms. The van der Waals surface area contributed by atoms with E-state index in [1.807, 2.05) is 43.3 Å². The second-order valence-electron chi connectivity index (χ2n) is 5.45. The monoisotopic (exact) mass is 370 g/mol. The Kier molecular flexibility index (Phi) is 7.37. The van der Waals surface area contributed by atoms with E-state index in [1.165, 1.54) is 21.3 Å². The summed E-state index contributed by atoms with van der Waals surface area (Å²) in [5.74, 6) is 0.0777. The molecule has 7 nitrogen and oxygen atoms in total. The Morgan fingerprint density at radius 2 is 1.70 bits per heavy atom. The first-order chi connectivity index (χ1) is 13.1. The Labute approximate surface area is 158 Å². The van der Waals surface area contributed by atoms with Gasteiger partial charge in [-0.3, -0.25) is 0 Å². The van der Waals surface area contributed by atoms with Gasteiger partial charge in [-0.05, 0) is 24.6 Å². The number of hydrogen-bond donors (Lipinski definition) is 0. The molecule has 0 aliphatic carbocycles. The zero-order chi connectivity index (χ0) is 19.6. The molecule has 2 aromatic rings. The van der Waals surface area contributed by atoms with Gasteiger partial charge in [0.25, 0.3) is 0 Å². The summed E-state index contributed by atoms with van der Waals surface area (Å²) < 4.78 is 10.7. The maximum atomic E-state index is 12.0. The SMILES string of the molecule is CON=C(C(=O)OC)c1ccccc1COc1cccc(/C(C)=N/OC)c1. The number of rotatable bonds is 8. The molecule has 7 heteroatoms. The van der Waals surface area contributed by atoms with Crippen LogP contribution in [0.25, 0.3) is 0 Å². The van der Waals surface area contributed by atoms with Crippen molar-refractivity contribution in [2.75, 3.05) is 21.3 Å². The fourth-order valence-electron chi connectivity index (χ4n) is 2.42. The van der Waals surface area contributed by atoms with E-state index >= 15 is 0 Å². The number of methoxy groups -OCH3 is 1. The third kappa shape index (κ3) is 5.31. The summed E-state index contributed by atoms with van der Waals surface area (Å²) in [5.41, 5.74) is 3.06. The van der Waals surface area contributed by atoms with E-state index in [4.69, 9.17) is 19.1 Å². The number of nitrogens with zero attached hydrogens (tertiary/aromatic N) is 2. The van der Waals surface area contributed by atoms with Crippen LogP contribution in [0.15, 0.2) is 58.8 Å². The average molecular weight is 370 g/mol. The predicted molar refractivity (Wildman–Crippen MR) is 102 cm³/mol. The van der Waals surface area contributed by atoms with Crippen molar-refractivity contribution in [3.63, 3.8) is 0 Å². The van der Waals surface area contributed by atoms with E-state index in [1.54, 1.807) is 12.1 Å². The van der Waals surface area contributed by atoms with Crippen molar-refractivity contribution in [3.05, 3.63) is 65.2 Å². The van der Waals surface area contributed by atoms with E-state index < -0.39 is 5.97 Å². The average Bonchev–Trinajstić information content (AvgIpc) is 2.70. The van der Waals surface area contributed by atoms with Crippen LogP contribution in [-0.2, 0) is 25.8 Å². The van der Waals surface area contributed by atoms with Gasteiger partial charge >= 0.3 is 5.97 Å². The first-order valence-corrected chi connectivity index (χ1v) is 8.19. The highest BCUT2D eigenvalue weighted by Crippen LogP contribution is 2.18. The lowest BCUT2D eigenvalue weighted by atomic mass is 10.0. The van der Waals surface area contributed by atoms with Crippen LogP contribution in [0.5, 0.6) is 5.75 Å². The second kappa shape index (κ2) is 9.96. The normalized spacial score (nSPS) is 11.7. The van der Waals surface area contributed by atoms with Crippen molar-refractivity contribution < 1.29 is 23.9 Å². The zero-order valence-corrected chi connectivity index (χ0v) is 15.8. The molecule has 2 rings (SSSR count). The molecule has 0 aliphatic rings. The van der Waals surface area contributed by atoms with Crippen LogP contribution in [0.1, 0.15) is 23.6 Å². The summed E-state index contributed by atoms with van der Waals surface area (Å²) in [5, 5.41) is 7.72. The molecule has 0 heterocycles. The number of benzene rings is 2. The lowest BCUT2D eigenvalue weighted by molar-refractivity contribution is -0.132. The molecule has 27 heavy (non-hydrogen) atoms. The van der Waals surface area contributed by atoms with E-state index in [-0.39, 0.29) is 12.3 Å². The molecule has 0 radical (unpaired) electrons. The fraction of sp³-hybridized carbons (Fsp3) is 0.250. The van der Waals surface area contributed by atoms with Crippen molar-refractivity contribution in [1.82, 2.24) is 0 Å². The highest BCUT2D eigenvalue weighted by Gasteiger charge is 2.19. The summed E-state index contributed by atoms with van der Waals surface area (Å²) in [6.45, 7) is 2.08. The largest absolute Gasteiger partial charge is 0.489 e. The van der Waals surface area contributed by atoms with Gasteiger partial charge < -0.3 is 19.1 Å². The number of hydrogen-bond acceptors (Lipinski definition) is 7. The third-order valence-corrected chi connectivity index (χ3v) is 3.71. The highest BCUT2D eigenvalue weighted by molar-refractivity contribution is 6.43. The van der Waals surface area contributed by atoms with Crippen molar-refractivity contribution >= 4 is 17.4 Å². The topological polar surface area (TPSA) is 78.7 Å². The molecule has 0 aromatic heterocycles. The standard InChI is InChI=1S/C20H22N2O5/c1-14(21-25-3)15-9-7-10-17(12-15)27-13-16-8-5-6-11-18(16)19(22-26-4)20(23)24-2/h5-12H,13H2,1-4H3/b21-14+,22-19?. The van der Waals surface area contributed by atoms with Gasteiger partial charge in [0.1, 0.15) is 26.6 Å². The summed E-state index contributed by atoms with van der Waals surface area (Å²) in [6.07, 6.45) is 0. The maximum absolute atomic E-state index is 12.0. The molecule has 0 atom stereocenters. The van der Waals surface area contributed by atoms with Crippen molar-refractivity contribution in [2.45, 2.75) is 13.5 Å². The van der Waals surface area contributed by atoms with Crippen molar-refractivity contribution in [1.29, 1.82) is 0 Å². The van der Waals surface area contributed by atoms with E-state index in [0.717, 1.165) is 16.8 Å². The zero-order valence-electron chi connectivity index (χ0n) is 15.8. The minimum absolute atomic E-state index is 0.0797. The van der Waals surface area contributed by atoms with Gasteiger partial charge in [0.05, 0.1) is 12.8 Å². The van der Waals surface area contributed by atoms with Gasteiger partial charge in [-0.15, -0.1) is 0 Å². The Morgan fingerprint density at radius 1 is 0.963 bits per heavy atom. The van der Waals surface area contributed by atoms with Crippen LogP contribution in [-0.4, -0.2) is 38.7 Å². The van der Waals surface area contributed by atoms with Crippen LogP contribution in [0.3, 0.4) is 0 Å². The van der Waals surface area contributed by atoms with Crippen LogP contribution < -0.4 is 4.74 Å². The highest BCUT2D eigenvalue weighted by atomic mass is 16.6. The van der Waals surface area contributed by atoms with Gasteiger partial charge in [-0.25, -0.2) is 4.79 Å². The van der Waals surface area contributed by atoms with Crippen LogP contribution in [0.4, 0.5) is 0 Å². The van der Waals surface area contributed by atoms with Gasteiger partial charge in [0.15, 0.2) is 5.71 Å². The van der Waals surface area contributed by atoms with Gasteiger partial charge in [-0.2, -0.15) is 0 Å². The van der Waals surface area contributed by atoms with Gasteiger partial charge in [-0.1, -0.05) is 46.7 Å². The lowest BCUT2D eigenvalue weighted by Crippen LogP contribution is -2.19. The molecule has 0 spiro atoms. The smallest absolute Gasteiger partial charge is 0.360 e. The van der Waals surface area contributed by atoms with Crippen LogP contribution in [0.2, 0.25) is 0 Å². The molecule has 0 fully saturated rings. The first-order valence-electron chi connectivity index (χ1n) is 8.19. The summed E-state index contributed by atoms with van der Waals surface area (Å²) in [4.78, 5) is 21.6. The Morgan fingerprint density at radius 3 is 2.41 bits per heavy atom. The molecule has 2 aromatic carbocycles. The minimum Gasteiger partial charge on any atom is -0.489 e. The fourth-order valence-corrected chi connectivity index (χ4v) is 2.42. The second-order valence-corrected chi connectivity index (χ2v) is 5.45. The summed E-state index contributed by atoms with van der Waals surface area (Å²) >= 11 is 0. The Balaban J connectivity index is 2.25. The van der Waals surface area contributed by atoms with Crippen LogP contribution >= 0.6 is 0 Å². The van der Waals surface area contributed by atoms with Gasteiger partial charge in [0.2, 0.25) is 0 Å². The maximum Gasteiger partial charge on any atom is 0.360 e. The Hall–Kier alpha value is -3.35. The van der Waals surface area contributed by atoms with Crippen LogP contribution in [0, 0.1) is 0 Å². The summed E-state index contributed by atoms with van der Waals surface area (Å²) in [6, 6.07) is 14.8. The predicted octanol–water partition coefficient (Wildman–Crippen LogP) is 3.16. The third-order valence-electron chi connectivity index (χ3n) is 3.71. The minimum atomic E-state index is -0.585. The number of oxime groups is 2. The summed E-state index contributed by atoms with van der Waals surface area (Å²) in [7, 11) is 4.17. The first kappa shape index (κ1) is 20.0. The van der Waals surface area contributed by atoms with E-state index in [9.17, 15) is 4.79 Å². The van der Waals surface area contributed by atoms with E-state index in [0.29, 0.717) is 11.3 Å². The molecular formula is C20H22N2O5. The molecule has 0 saturated carbocycles. The molecule has 0 amide bonds. The number of esters is 1. The van der Waals surface area contributed by atoms with Gasteiger partial charge in [0, 0.05) is 11.1 Å². The molecular weight excluding hydrogens is 348 g/mol. The quantitative estimate of drug-likeness (QED) is 0.405. The lowest BCUT2D eigenvalue weighted by Gasteiger charge is -2.12. The van der Waals surface area contributed by atoms with Crippen molar-refractivity contribution in [3.8, 4) is 5.75 Å². The molecule has 142 valence electrons. The number of carbonyl (C=O) groups excluding carboxylic acids is 1. The van der Waals surface area contributed by atoms with Crippen molar-refractivity contribution in [2.24, 2.45) is 10.3 Å². The molecule has 0 aliphatic heterocycles. The molecule has 0 saturated heterocycles. The molecule has 0 N–H and O–H groups in total. The Bertz CT molecular complexity index is 846. The number of carbonyl (C=O) groups is 1. The molecule has 0 unspecified atom stereocenters. The van der Waals surface area contributed by atoms with E-state index in [2.05, 4.69) is 10.3 Å². The number of ether oxygens (including phenoxy) is 2.